The van der Waals surface area contributed by atoms with E-state index in [0.717, 1.165) is 5.56 Å². The Morgan fingerprint density at radius 3 is 2.21 bits per heavy atom. The lowest BCUT2D eigenvalue weighted by atomic mass is 9.95. The molecule has 0 aliphatic heterocycles. The molecule has 3 aromatic rings. The van der Waals surface area contributed by atoms with Gasteiger partial charge in [0.2, 0.25) is 0 Å². The van der Waals surface area contributed by atoms with Crippen molar-refractivity contribution in [3.05, 3.63) is 87.3 Å². The van der Waals surface area contributed by atoms with Gasteiger partial charge in [0.05, 0.1) is 0 Å². The highest BCUT2D eigenvalue weighted by Gasteiger charge is 2.17. The molecule has 0 atom stereocenters. The average molecular weight is 338 g/mol. The maximum atomic E-state index is 12.8. The SMILES string of the molecule is CC(=O)c1cn(-c2ccc(Cl)cc2)c(=O)c(C)c1-c1ccccc1. The molecule has 0 fully saturated rings. The summed E-state index contributed by atoms with van der Waals surface area (Å²) in [5, 5.41) is 0.594. The van der Waals surface area contributed by atoms with Gasteiger partial charge in [-0.05, 0) is 43.7 Å². The highest BCUT2D eigenvalue weighted by molar-refractivity contribution is 6.30. The molecule has 0 saturated heterocycles. The van der Waals surface area contributed by atoms with Crippen LogP contribution < -0.4 is 5.56 Å². The fraction of sp³-hybridized carbons (Fsp3) is 0.100. The zero-order chi connectivity index (χ0) is 17.3. The van der Waals surface area contributed by atoms with Crippen molar-refractivity contribution in [2.45, 2.75) is 13.8 Å². The molecule has 0 aliphatic rings. The Balaban J connectivity index is 2.31. The van der Waals surface area contributed by atoms with Gasteiger partial charge in [-0.2, -0.15) is 0 Å². The van der Waals surface area contributed by atoms with Crippen LogP contribution in [0, 0.1) is 6.92 Å². The number of pyridine rings is 1. The van der Waals surface area contributed by atoms with E-state index < -0.39 is 0 Å². The van der Waals surface area contributed by atoms with Gasteiger partial charge in [0, 0.05) is 33.6 Å². The molecule has 0 amide bonds. The van der Waals surface area contributed by atoms with Gasteiger partial charge in [-0.3, -0.25) is 14.2 Å². The van der Waals surface area contributed by atoms with Crippen molar-refractivity contribution >= 4 is 17.4 Å². The van der Waals surface area contributed by atoms with Crippen LogP contribution in [-0.4, -0.2) is 10.4 Å². The summed E-state index contributed by atoms with van der Waals surface area (Å²) in [4.78, 5) is 25.0. The van der Waals surface area contributed by atoms with Gasteiger partial charge in [-0.25, -0.2) is 0 Å². The fourth-order valence-electron chi connectivity index (χ4n) is 2.78. The third-order valence-electron chi connectivity index (χ3n) is 3.99. The zero-order valence-electron chi connectivity index (χ0n) is 13.4. The number of halogens is 1. The van der Waals surface area contributed by atoms with E-state index in [9.17, 15) is 9.59 Å². The predicted molar refractivity (Wildman–Crippen MR) is 97.2 cm³/mol. The number of hydrogen-bond donors (Lipinski definition) is 0. The Labute approximate surface area is 145 Å². The second-order valence-electron chi connectivity index (χ2n) is 5.62. The molecule has 0 aliphatic carbocycles. The number of carbonyl (C=O) groups is 1. The van der Waals surface area contributed by atoms with Gasteiger partial charge in [-0.15, -0.1) is 0 Å². The maximum Gasteiger partial charge on any atom is 0.258 e. The molecule has 120 valence electrons. The van der Waals surface area contributed by atoms with Crippen LogP contribution >= 0.6 is 11.6 Å². The van der Waals surface area contributed by atoms with E-state index in [-0.39, 0.29) is 11.3 Å². The van der Waals surface area contributed by atoms with Crippen molar-refractivity contribution in [2.24, 2.45) is 0 Å². The first kappa shape index (κ1) is 16.2. The van der Waals surface area contributed by atoms with Gasteiger partial charge < -0.3 is 0 Å². The van der Waals surface area contributed by atoms with Crippen molar-refractivity contribution in [3.63, 3.8) is 0 Å². The van der Waals surface area contributed by atoms with Crippen LogP contribution in [0.3, 0.4) is 0 Å². The van der Waals surface area contributed by atoms with E-state index >= 15 is 0 Å². The van der Waals surface area contributed by atoms with Crippen LogP contribution in [0.4, 0.5) is 0 Å². The lowest BCUT2D eigenvalue weighted by molar-refractivity contribution is 0.101. The van der Waals surface area contributed by atoms with E-state index in [2.05, 4.69) is 0 Å². The zero-order valence-corrected chi connectivity index (χ0v) is 14.2. The van der Waals surface area contributed by atoms with Crippen molar-refractivity contribution < 1.29 is 4.79 Å². The third-order valence-corrected chi connectivity index (χ3v) is 4.24. The number of nitrogens with zero attached hydrogens (tertiary/aromatic N) is 1. The van der Waals surface area contributed by atoms with E-state index in [1.807, 2.05) is 30.3 Å². The van der Waals surface area contributed by atoms with E-state index in [1.165, 1.54) is 11.5 Å². The molecule has 0 radical (unpaired) electrons. The summed E-state index contributed by atoms with van der Waals surface area (Å²) in [5.41, 5.74) is 3.15. The van der Waals surface area contributed by atoms with Crippen LogP contribution in [0.2, 0.25) is 5.02 Å². The monoisotopic (exact) mass is 337 g/mol. The molecule has 3 nitrogen and oxygen atoms in total. The molecule has 0 unspecified atom stereocenters. The topological polar surface area (TPSA) is 39.1 Å². The van der Waals surface area contributed by atoms with Crippen molar-refractivity contribution in [2.75, 3.05) is 0 Å². The second-order valence-corrected chi connectivity index (χ2v) is 6.05. The Hall–Kier alpha value is -2.65. The largest absolute Gasteiger partial charge is 0.294 e. The minimum atomic E-state index is -0.152. The molecule has 0 saturated carbocycles. The minimum Gasteiger partial charge on any atom is -0.294 e. The molecule has 3 rings (SSSR count). The number of rotatable bonds is 3. The number of carbonyl (C=O) groups excluding carboxylic acids is 1. The Bertz CT molecular complexity index is 957. The fourth-order valence-corrected chi connectivity index (χ4v) is 2.91. The van der Waals surface area contributed by atoms with E-state index in [0.29, 0.717) is 27.4 Å². The van der Waals surface area contributed by atoms with Gasteiger partial charge in [-0.1, -0.05) is 41.9 Å². The van der Waals surface area contributed by atoms with Gasteiger partial charge >= 0.3 is 0 Å². The number of aromatic nitrogens is 1. The first-order valence-electron chi connectivity index (χ1n) is 7.57. The lowest BCUT2D eigenvalue weighted by Gasteiger charge is -2.15. The second kappa shape index (κ2) is 6.46. The van der Waals surface area contributed by atoms with Gasteiger partial charge in [0.1, 0.15) is 0 Å². The Morgan fingerprint density at radius 2 is 1.62 bits per heavy atom. The average Bonchev–Trinajstić information content (AvgIpc) is 2.58. The minimum absolute atomic E-state index is 0.0836. The molecule has 2 aromatic carbocycles. The molecule has 1 aromatic heterocycles. The molecular weight excluding hydrogens is 322 g/mol. The highest BCUT2D eigenvalue weighted by atomic mass is 35.5. The summed E-state index contributed by atoms with van der Waals surface area (Å²) >= 11 is 5.92. The molecule has 24 heavy (non-hydrogen) atoms. The Morgan fingerprint density at radius 1 is 1.00 bits per heavy atom. The summed E-state index contributed by atoms with van der Waals surface area (Å²) in [6, 6.07) is 16.5. The maximum absolute atomic E-state index is 12.8. The summed E-state index contributed by atoms with van der Waals surface area (Å²) < 4.78 is 1.49. The summed E-state index contributed by atoms with van der Waals surface area (Å²) in [7, 11) is 0. The molecular formula is C20H16ClNO2. The number of Topliss-reactive ketones (excluding diaryl/α,β-unsaturated/α-hetero) is 1. The highest BCUT2D eigenvalue weighted by Crippen LogP contribution is 2.27. The lowest BCUT2D eigenvalue weighted by Crippen LogP contribution is -2.23. The quantitative estimate of drug-likeness (QED) is 0.651. The summed E-state index contributed by atoms with van der Waals surface area (Å²) in [6.45, 7) is 3.27. The van der Waals surface area contributed by atoms with Crippen LogP contribution in [0.5, 0.6) is 0 Å². The summed E-state index contributed by atoms with van der Waals surface area (Å²) in [6.07, 6.45) is 1.61. The van der Waals surface area contributed by atoms with Gasteiger partial charge in [0.25, 0.3) is 5.56 Å². The number of benzene rings is 2. The van der Waals surface area contributed by atoms with Crippen LogP contribution in [0.1, 0.15) is 22.8 Å². The normalized spacial score (nSPS) is 10.6. The summed E-state index contributed by atoms with van der Waals surface area (Å²) in [5.74, 6) is -0.0836. The molecule has 0 N–H and O–H groups in total. The first-order valence-corrected chi connectivity index (χ1v) is 7.95. The number of hydrogen-bond acceptors (Lipinski definition) is 2. The third kappa shape index (κ3) is 2.91. The van der Waals surface area contributed by atoms with Crippen molar-refractivity contribution in [1.29, 1.82) is 0 Å². The predicted octanol–water partition coefficient (Wildman–Crippen LogP) is 4.67. The van der Waals surface area contributed by atoms with Crippen molar-refractivity contribution in [1.82, 2.24) is 4.57 Å². The van der Waals surface area contributed by atoms with Crippen LogP contribution in [0.15, 0.2) is 65.6 Å². The van der Waals surface area contributed by atoms with Crippen molar-refractivity contribution in [3.8, 4) is 16.8 Å². The van der Waals surface area contributed by atoms with E-state index in [1.54, 1.807) is 37.4 Å². The smallest absolute Gasteiger partial charge is 0.258 e. The first-order chi connectivity index (χ1) is 11.5. The Kier molecular flexibility index (Phi) is 4.36. The molecule has 0 bridgehead atoms. The molecule has 4 heteroatoms. The molecule has 1 heterocycles. The van der Waals surface area contributed by atoms with Gasteiger partial charge in [0.15, 0.2) is 5.78 Å². The number of ketones is 1. The standard InChI is InChI=1S/C20H16ClNO2/c1-13-19(15-6-4-3-5-7-15)18(14(2)23)12-22(20(13)24)17-10-8-16(21)9-11-17/h3-12H,1-2H3. The molecule has 0 spiro atoms. The van der Waals surface area contributed by atoms with Crippen LogP contribution in [0.25, 0.3) is 16.8 Å². The van der Waals surface area contributed by atoms with Crippen LogP contribution in [-0.2, 0) is 0 Å². The van der Waals surface area contributed by atoms with E-state index in [4.69, 9.17) is 11.6 Å².